The van der Waals surface area contributed by atoms with E-state index >= 15 is 0 Å². The van der Waals surface area contributed by atoms with Crippen LogP contribution in [0.5, 0.6) is 11.5 Å². The number of nitrogens with one attached hydrogen (secondary N) is 2. The molecule has 0 aliphatic rings. The van der Waals surface area contributed by atoms with Crippen LogP contribution >= 0.6 is 35.2 Å². The quantitative estimate of drug-likeness (QED) is 0.0853. The molecule has 4 nitrogen and oxygen atoms in total. The van der Waals surface area contributed by atoms with E-state index < -0.39 is 27.4 Å². The first-order valence-corrected chi connectivity index (χ1v) is 34.6. The van der Waals surface area contributed by atoms with Crippen LogP contribution in [-0.4, -0.2) is 20.3 Å². The van der Waals surface area contributed by atoms with Gasteiger partial charge in [-0.25, -0.2) is 0 Å². The molecular formula is C71H74Cl2N2O2P2Ru+2. The molecule has 0 saturated carbocycles. The Balaban J connectivity index is 0.000000270. The molecule has 80 heavy (non-hydrogen) atoms. The third-order valence-corrected chi connectivity index (χ3v) is 20.3. The first-order valence-electron chi connectivity index (χ1n) is 27.1. The zero-order chi connectivity index (χ0) is 57.4. The van der Waals surface area contributed by atoms with E-state index in [2.05, 4.69) is 201 Å². The predicted molar refractivity (Wildman–Crippen MR) is 351 cm³/mol. The number of hydrogen-bond donors (Lipinski definition) is 0. The van der Waals surface area contributed by atoms with Gasteiger partial charge in [0.15, 0.2) is 0 Å². The Bertz CT molecular complexity index is 3350. The van der Waals surface area contributed by atoms with Gasteiger partial charge >= 0.3 is 34.5 Å². The summed E-state index contributed by atoms with van der Waals surface area (Å²) in [4.78, 5) is 0. The van der Waals surface area contributed by atoms with Crippen LogP contribution < -0.4 is 41.3 Å². The summed E-state index contributed by atoms with van der Waals surface area (Å²) in [6.07, 6.45) is 0. The minimum atomic E-state index is -1.49. The van der Waals surface area contributed by atoms with Gasteiger partial charge in [-0.05, 0) is 206 Å². The third kappa shape index (κ3) is 13.6. The molecule has 0 bridgehead atoms. The second-order valence-corrected chi connectivity index (χ2v) is 29.2. The van der Waals surface area contributed by atoms with E-state index in [9.17, 15) is 0 Å². The van der Waals surface area contributed by atoms with E-state index in [0.717, 1.165) is 22.6 Å². The molecule has 410 valence electrons. The summed E-state index contributed by atoms with van der Waals surface area (Å²) in [6, 6.07) is 71.2. The molecule has 0 radical (unpaired) electrons. The minimum absolute atomic E-state index is 0.0525. The summed E-state index contributed by atoms with van der Waals surface area (Å²) in [7, 11) is 9.97. The summed E-state index contributed by atoms with van der Waals surface area (Å²) in [5.41, 5.74) is 31.5. The molecular weight excluding hydrogens is 1150 g/mol. The standard InChI is InChI=1S/C52H48P2.C19H24N2O2.2ClH.Ru/c1-33-21-34(2)26-43(25-33)53(44-27-35(3)22-36(4)28-44)49-19-17-41-13-9-11-15-47(41)51(49)52-48-16-12-10-14-42(48)18-20-50(52)54(45-29-37(5)23-38(6)30-45)46-31-39(7)24-40(8)32-46;1-13(2)18(20)19(21,14-5-9-16(22-3)10-6-14)15-7-11-17(23-4)12-8-15;;;/h9-32H,1-8H3;5-13,18,20-21H,1-4H3;2*1H;/q;-2;;;+4/t;18-;;;/m.1.../s1. The monoisotopic (exact) mass is 1220 g/mol. The zero-order valence-corrected chi connectivity index (χ0v) is 53.3. The molecule has 10 aromatic rings. The van der Waals surface area contributed by atoms with E-state index in [1.165, 1.54) is 109 Å². The molecule has 0 fully saturated rings. The van der Waals surface area contributed by atoms with Gasteiger partial charge in [-0.3, -0.25) is 0 Å². The van der Waals surface area contributed by atoms with E-state index in [-0.39, 0.29) is 21.1 Å². The molecule has 0 unspecified atom stereocenters. The second kappa shape index (κ2) is 26.9. The number of hydrogen-bond acceptors (Lipinski definition) is 2. The summed E-state index contributed by atoms with van der Waals surface area (Å²) in [5.74, 6) is 1.55. The molecule has 10 aromatic carbocycles. The Morgan fingerprint density at radius 3 is 0.950 bits per heavy atom. The number of methoxy groups -OCH3 is 2. The Hall–Kier alpha value is -5.70. The fraction of sp³-hybridized carbons (Fsp3) is 0.211. The molecule has 0 heterocycles. The number of rotatable bonds is 13. The topological polar surface area (TPSA) is 66.1 Å². The molecule has 0 saturated heterocycles. The maximum atomic E-state index is 9.12. The maximum absolute atomic E-state index is 9.12. The van der Waals surface area contributed by atoms with Gasteiger partial charge in [0.05, 0.1) is 30.1 Å². The Kier molecular flexibility index (Phi) is 20.3. The van der Waals surface area contributed by atoms with Crippen molar-refractivity contribution in [1.29, 1.82) is 0 Å². The normalized spacial score (nSPS) is 11.8. The summed E-state index contributed by atoms with van der Waals surface area (Å²) in [6.45, 7) is 22.0. The van der Waals surface area contributed by atoms with Crippen molar-refractivity contribution in [3.63, 3.8) is 0 Å². The molecule has 0 amide bonds. The number of ether oxygens (including phenoxy) is 2. The SMILES string of the molecule is COc1ccc(C([NH-])(c2ccc(OC)cc2)[C@H]([NH-])C(C)C)cc1.Cc1cc(C)cc([PH+](c2cc(C)cc(C)c2)c2ccc3ccccc3c2-c2c([PH+](c3cc(C)cc(C)c3)c3cc(C)cc(C)c3)ccc3ccccc23)c1.[Cl][Ru+2][Cl]. The van der Waals surface area contributed by atoms with E-state index in [1.807, 2.05) is 62.4 Å². The van der Waals surface area contributed by atoms with Gasteiger partial charge in [-0.2, -0.15) is 0 Å². The van der Waals surface area contributed by atoms with Gasteiger partial charge in [0, 0.05) is 11.1 Å². The first-order chi connectivity index (χ1) is 38.4. The Labute approximate surface area is 494 Å². The van der Waals surface area contributed by atoms with Gasteiger partial charge in [0.2, 0.25) is 0 Å². The van der Waals surface area contributed by atoms with Crippen molar-refractivity contribution >= 4 is 88.6 Å². The first kappa shape index (κ1) is 60.4. The van der Waals surface area contributed by atoms with Crippen LogP contribution in [0.1, 0.15) is 69.5 Å². The van der Waals surface area contributed by atoms with Crippen molar-refractivity contribution in [1.82, 2.24) is 0 Å². The average Bonchev–Trinajstić information content (AvgIpc) is 3.62. The predicted octanol–water partition coefficient (Wildman–Crippen LogP) is 17.6. The number of fused-ring (bicyclic) bond motifs is 2. The van der Waals surface area contributed by atoms with Gasteiger partial charge in [-0.15, -0.1) is 6.04 Å². The summed E-state index contributed by atoms with van der Waals surface area (Å²) < 4.78 is 10.4. The molecule has 1 atom stereocenters. The van der Waals surface area contributed by atoms with E-state index in [1.54, 1.807) is 14.2 Å². The fourth-order valence-electron chi connectivity index (χ4n) is 11.7. The number of halogens is 2. The van der Waals surface area contributed by atoms with Crippen LogP contribution in [0.3, 0.4) is 0 Å². The van der Waals surface area contributed by atoms with Gasteiger partial charge in [0.1, 0.15) is 43.3 Å². The zero-order valence-electron chi connectivity index (χ0n) is 48.1. The second-order valence-electron chi connectivity index (χ2n) is 21.7. The van der Waals surface area contributed by atoms with Crippen LogP contribution in [0.2, 0.25) is 0 Å². The number of benzene rings is 10. The fourth-order valence-corrected chi connectivity index (χ4v) is 18.1. The molecule has 10 rings (SSSR count). The van der Waals surface area contributed by atoms with Crippen LogP contribution in [0.25, 0.3) is 44.1 Å². The van der Waals surface area contributed by atoms with Crippen molar-refractivity contribution < 1.29 is 24.6 Å². The van der Waals surface area contributed by atoms with Crippen LogP contribution in [0, 0.1) is 61.3 Å². The van der Waals surface area contributed by atoms with Crippen molar-refractivity contribution in [2.75, 3.05) is 14.2 Å². The summed E-state index contributed by atoms with van der Waals surface area (Å²) in [5, 5.41) is 13.9. The van der Waals surface area contributed by atoms with Crippen LogP contribution in [0.15, 0.2) is 194 Å². The van der Waals surface area contributed by atoms with Gasteiger partial charge in [-0.1, -0.05) is 146 Å². The average molecular weight is 1220 g/mol. The molecule has 0 aliphatic carbocycles. The van der Waals surface area contributed by atoms with Crippen LogP contribution in [0.4, 0.5) is 0 Å². The molecule has 0 aliphatic heterocycles. The van der Waals surface area contributed by atoms with Crippen LogP contribution in [-0.2, 0) is 20.7 Å². The Morgan fingerprint density at radius 1 is 0.412 bits per heavy atom. The number of aryl methyl sites for hydroxylation is 8. The van der Waals surface area contributed by atoms with E-state index in [0.29, 0.717) is 0 Å². The molecule has 2 N–H and O–H groups in total. The molecule has 9 heteroatoms. The van der Waals surface area contributed by atoms with Gasteiger partial charge in [0.25, 0.3) is 0 Å². The van der Waals surface area contributed by atoms with Crippen molar-refractivity contribution in [3.8, 4) is 22.6 Å². The van der Waals surface area contributed by atoms with E-state index in [4.69, 9.17) is 40.3 Å². The van der Waals surface area contributed by atoms with Crippen molar-refractivity contribution in [2.45, 2.75) is 80.8 Å². The van der Waals surface area contributed by atoms with Crippen molar-refractivity contribution in [2.24, 2.45) is 5.92 Å². The molecule has 0 spiro atoms. The Morgan fingerprint density at radius 2 is 0.688 bits per heavy atom. The van der Waals surface area contributed by atoms with Gasteiger partial charge < -0.3 is 20.9 Å². The molecule has 0 aromatic heterocycles. The summed E-state index contributed by atoms with van der Waals surface area (Å²) >= 11 is -0.346. The third-order valence-electron chi connectivity index (χ3n) is 14.9. The van der Waals surface area contributed by atoms with Crippen molar-refractivity contribution in [3.05, 3.63) is 261 Å².